The van der Waals surface area contributed by atoms with Crippen molar-refractivity contribution in [1.82, 2.24) is 5.32 Å². The number of nitrogens with one attached hydrogen (secondary N) is 1. The van der Waals surface area contributed by atoms with Crippen LogP contribution < -0.4 is 5.32 Å². The third kappa shape index (κ3) is 4.04. The van der Waals surface area contributed by atoms with Gasteiger partial charge in [0.15, 0.2) is 0 Å². The van der Waals surface area contributed by atoms with Crippen LogP contribution in [0.1, 0.15) is 38.5 Å². The maximum atomic E-state index is 9.42. The molecular formula is C13H25NO2. The molecule has 2 aliphatic rings. The van der Waals surface area contributed by atoms with Crippen LogP contribution in [0.15, 0.2) is 0 Å². The summed E-state index contributed by atoms with van der Waals surface area (Å²) < 4.78 is 5.35. The third-order valence-corrected chi connectivity index (χ3v) is 4.02. The van der Waals surface area contributed by atoms with Gasteiger partial charge in [0.05, 0.1) is 6.10 Å². The molecule has 0 unspecified atom stereocenters. The van der Waals surface area contributed by atoms with Gasteiger partial charge in [0.1, 0.15) is 0 Å². The molecule has 0 spiro atoms. The topological polar surface area (TPSA) is 41.5 Å². The summed E-state index contributed by atoms with van der Waals surface area (Å²) in [6, 6.07) is 0. The molecule has 0 amide bonds. The van der Waals surface area contributed by atoms with E-state index in [2.05, 4.69) is 5.32 Å². The smallest absolute Gasteiger partial charge is 0.0540 e. The third-order valence-electron chi connectivity index (χ3n) is 4.02. The molecule has 1 heterocycles. The van der Waals surface area contributed by atoms with Crippen LogP contribution in [-0.2, 0) is 4.74 Å². The Kier molecular flexibility index (Phi) is 5.07. The van der Waals surface area contributed by atoms with E-state index < -0.39 is 0 Å². The highest BCUT2D eigenvalue weighted by Gasteiger charge is 2.19. The molecule has 94 valence electrons. The molecule has 2 N–H and O–H groups in total. The molecule has 1 aliphatic carbocycles. The van der Waals surface area contributed by atoms with Crippen LogP contribution in [0.25, 0.3) is 0 Å². The maximum absolute atomic E-state index is 9.42. The number of hydrogen-bond acceptors (Lipinski definition) is 3. The summed E-state index contributed by atoms with van der Waals surface area (Å²) in [6.07, 6.45) is 6.82. The lowest BCUT2D eigenvalue weighted by Gasteiger charge is -2.27. The van der Waals surface area contributed by atoms with E-state index in [0.717, 1.165) is 51.0 Å². The maximum Gasteiger partial charge on any atom is 0.0540 e. The van der Waals surface area contributed by atoms with Crippen molar-refractivity contribution in [3.8, 4) is 0 Å². The molecule has 2 rings (SSSR count). The average Bonchev–Trinajstić information content (AvgIpc) is 2.33. The van der Waals surface area contributed by atoms with E-state index in [1.54, 1.807) is 0 Å². The zero-order valence-corrected chi connectivity index (χ0v) is 10.2. The van der Waals surface area contributed by atoms with Crippen molar-refractivity contribution in [1.29, 1.82) is 0 Å². The lowest BCUT2D eigenvalue weighted by atomic mass is 9.87. The summed E-state index contributed by atoms with van der Waals surface area (Å²) in [7, 11) is 0. The molecule has 0 atom stereocenters. The van der Waals surface area contributed by atoms with Gasteiger partial charge in [-0.2, -0.15) is 0 Å². The van der Waals surface area contributed by atoms with Crippen molar-refractivity contribution in [3.63, 3.8) is 0 Å². The molecule has 0 bridgehead atoms. The first-order valence-electron chi connectivity index (χ1n) is 6.81. The van der Waals surface area contributed by atoms with Gasteiger partial charge in [-0.3, -0.25) is 0 Å². The van der Waals surface area contributed by atoms with Gasteiger partial charge in [-0.15, -0.1) is 0 Å². The van der Waals surface area contributed by atoms with Crippen molar-refractivity contribution in [2.75, 3.05) is 26.3 Å². The quantitative estimate of drug-likeness (QED) is 0.766. The summed E-state index contributed by atoms with van der Waals surface area (Å²) in [4.78, 5) is 0. The van der Waals surface area contributed by atoms with Gasteiger partial charge in [-0.1, -0.05) is 0 Å². The molecule has 0 aromatic heterocycles. The van der Waals surface area contributed by atoms with Crippen LogP contribution in [-0.4, -0.2) is 37.5 Å². The summed E-state index contributed by atoms with van der Waals surface area (Å²) >= 11 is 0. The van der Waals surface area contributed by atoms with Gasteiger partial charge in [0.25, 0.3) is 0 Å². The van der Waals surface area contributed by atoms with E-state index >= 15 is 0 Å². The van der Waals surface area contributed by atoms with E-state index in [-0.39, 0.29) is 6.10 Å². The van der Waals surface area contributed by atoms with Crippen LogP contribution in [0.2, 0.25) is 0 Å². The highest BCUT2D eigenvalue weighted by Crippen LogP contribution is 2.23. The molecule has 3 nitrogen and oxygen atoms in total. The predicted octanol–water partition coefficient (Wildman–Crippen LogP) is 1.55. The second-order valence-corrected chi connectivity index (χ2v) is 5.39. The molecule has 0 aromatic carbocycles. The lowest BCUT2D eigenvalue weighted by molar-refractivity contribution is 0.0651. The van der Waals surface area contributed by atoms with Gasteiger partial charge < -0.3 is 15.2 Å². The number of aliphatic hydroxyl groups is 1. The molecule has 0 radical (unpaired) electrons. The molecule has 3 heteroatoms. The molecule has 1 aliphatic heterocycles. The Morgan fingerprint density at radius 1 is 0.875 bits per heavy atom. The second-order valence-electron chi connectivity index (χ2n) is 5.39. The summed E-state index contributed by atoms with van der Waals surface area (Å²) in [5.41, 5.74) is 0. The van der Waals surface area contributed by atoms with Crippen molar-refractivity contribution in [2.45, 2.75) is 44.6 Å². The van der Waals surface area contributed by atoms with Crippen molar-refractivity contribution < 1.29 is 9.84 Å². The van der Waals surface area contributed by atoms with Crippen LogP contribution in [0.3, 0.4) is 0 Å². The minimum Gasteiger partial charge on any atom is -0.393 e. The minimum absolute atomic E-state index is 0.0215. The summed E-state index contributed by atoms with van der Waals surface area (Å²) in [5, 5.41) is 13.0. The van der Waals surface area contributed by atoms with E-state index in [1.807, 2.05) is 0 Å². The largest absolute Gasteiger partial charge is 0.393 e. The minimum atomic E-state index is -0.0215. The highest BCUT2D eigenvalue weighted by molar-refractivity contribution is 4.74. The van der Waals surface area contributed by atoms with E-state index in [0.29, 0.717) is 0 Å². The molecule has 0 aromatic rings. The van der Waals surface area contributed by atoms with Crippen LogP contribution in [0, 0.1) is 11.8 Å². The first-order chi connectivity index (χ1) is 7.84. The van der Waals surface area contributed by atoms with Gasteiger partial charge in [0, 0.05) is 13.2 Å². The fourth-order valence-electron chi connectivity index (χ4n) is 2.79. The van der Waals surface area contributed by atoms with Gasteiger partial charge in [-0.05, 0) is 63.5 Å². The molecule has 1 saturated heterocycles. The zero-order valence-electron chi connectivity index (χ0n) is 10.2. The number of hydrogen-bond donors (Lipinski definition) is 2. The zero-order chi connectivity index (χ0) is 11.2. The number of aliphatic hydroxyl groups excluding tert-OH is 1. The summed E-state index contributed by atoms with van der Waals surface area (Å²) in [5.74, 6) is 1.62. The Hall–Kier alpha value is -0.120. The number of ether oxygens (including phenoxy) is 1. The lowest BCUT2D eigenvalue weighted by Crippen LogP contribution is -2.33. The van der Waals surface area contributed by atoms with Crippen LogP contribution >= 0.6 is 0 Å². The van der Waals surface area contributed by atoms with Crippen LogP contribution in [0.4, 0.5) is 0 Å². The average molecular weight is 227 g/mol. The van der Waals surface area contributed by atoms with E-state index in [4.69, 9.17) is 4.74 Å². The van der Waals surface area contributed by atoms with Crippen LogP contribution in [0.5, 0.6) is 0 Å². The van der Waals surface area contributed by atoms with Gasteiger partial charge in [-0.25, -0.2) is 0 Å². The first kappa shape index (κ1) is 12.3. The fraction of sp³-hybridized carbons (Fsp3) is 1.00. The van der Waals surface area contributed by atoms with Gasteiger partial charge in [0.2, 0.25) is 0 Å². The van der Waals surface area contributed by atoms with Crippen molar-refractivity contribution >= 4 is 0 Å². The molecule has 2 fully saturated rings. The van der Waals surface area contributed by atoms with E-state index in [9.17, 15) is 5.11 Å². The standard InChI is InChI=1S/C13H25NO2/c15-13-3-1-11(2-4-13)9-14-10-12-5-7-16-8-6-12/h11-15H,1-10H2. The Balaban J connectivity index is 1.53. The first-order valence-corrected chi connectivity index (χ1v) is 6.81. The Morgan fingerprint density at radius 3 is 2.06 bits per heavy atom. The normalized spacial score (nSPS) is 32.8. The second kappa shape index (κ2) is 6.58. The monoisotopic (exact) mass is 227 g/mol. The highest BCUT2D eigenvalue weighted by atomic mass is 16.5. The Labute approximate surface area is 98.6 Å². The fourth-order valence-corrected chi connectivity index (χ4v) is 2.79. The molecule has 16 heavy (non-hydrogen) atoms. The molecular weight excluding hydrogens is 202 g/mol. The molecule has 1 saturated carbocycles. The summed E-state index contributed by atoms with van der Waals surface area (Å²) in [6.45, 7) is 4.19. The SMILES string of the molecule is OC1CCC(CNCC2CCOCC2)CC1. The number of rotatable bonds is 4. The van der Waals surface area contributed by atoms with Crippen molar-refractivity contribution in [3.05, 3.63) is 0 Å². The van der Waals surface area contributed by atoms with E-state index in [1.165, 1.54) is 25.7 Å². The van der Waals surface area contributed by atoms with Crippen molar-refractivity contribution in [2.24, 2.45) is 11.8 Å². The van der Waals surface area contributed by atoms with Gasteiger partial charge >= 0.3 is 0 Å². The predicted molar refractivity (Wildman–Crippen MR) is 64.4 cm³/mol. The Bertz CT molecular complexity index is 184. The Morgan fingerprint density at radius 2 is 1.44 bits per heavy atom.